The molecule has 198 valence electrons. The first-order valence-electron chi connectivity index (χ1n) is 13.0. The SMILES string of the molecule is C/C=C1\[C@H]2C[C@H]3c4[nH]c5ccccc5c4C[C@@H](C2C=CC(C)=O)N3[C@@H]1O[C@@H]1O[C@H](CO)[C@@H](O)[C@H](O)[C@H]1O. The number of nitrogens with zero attached hydrogens (tertiary/aromatic N) is 1. The van der Waals surface area contributed by atoms with Crippen molar-refractivity contribution in [2.24, 2.45) is 11.8 Å². The zero-order valence-corrected chi connectivity index (χ0v) is 20.9. The summed E-state index contributed by atoms with van der Waals surface area (Å²) in [5, 5.41) is 42.1. The Labute approximate surface area is 215 Å². The fraction of sp³-hybridized carbons (Fsp3) is 0.536. The molecule has 4 fully saturated rings. The van der Waals surface area contributed by atoms with Gasteiger partial charge in [-0.05, 0) is 61.8 Å². The Bertz CT molecular complexity index is 1250. The van der Waals surface area contributed by atoms with Crippen molar-refractivity contribution in [3.63, 3.8) is 0 Å². The summed E-state index contributed by atoms with van der Waals surface area (Å²) in [6.07, 6.45) is 0.0923. The van der Waals surface area contributed by atoms with Crippen LogP contribution in [0.25, 0.3) is 10.9 Å². The lowest BCUT2D eigenvalue weighted by atomic mass is 9.63. The van der Waals surface area contributed by atoms with Crippen molar-refractivity contribution in [3.8, 4) is 0 Å². The molecule has 5 aliphatic rings. The van der Waals surface area contributed by atoms with Gasteiger partial charge in [-0.1, -0.05) is 30.4 Å². The fourth-order valence-corrected chi connectivity index (χ4v) is 7.03. The monoisotopic (exact) mass is 510 g/mol. The third-order valence-electron chi connectivity index (χ3n) is 8.70. The van der Waals surface area contributed by atoms with Crippen LogP contribution in [0.4, 0.5) is 0 Å². The molecule has 11 atom stereocenters. The Morgan fingerprint density at radius 2 is 2.00 bits per heavy atom. The van der Waals surface area contributed by atoms with E-state index in [1.165, 1.54) is 10.9 Å². The molecule has 0 aliphatic carbocycles. The van der Waals surface area contributed by atoms with Gasteiger partial charge >= 0.3 is 0 Å². The summed E-state index contributed by atoms with van der Waals surface area (Å²) in [5.41, 5.74) is 4.57. The van der Waals surface area contributed by atoms with Crippen LogP contribution >= 0.6 is 0 Å². The number of allylic oxidation sites excluding steroid dienone is 2. The molecule has 5 N–H and O–H groups in total. The molecule has 0 saturated carbocycles. The van der Waals surface area contributed by atoms with Gasteiger partial charge < -0.3 is 34.9 Å². The maximum atomic E-state index is 11.9. The van der Waals surface area contributed by atoms with Crippen LogP contribution in [-0.2, 0) is 20.7 Å². The topological polar surface area (TPSA) is 135 Å². The number of ether oxygens (including phenoxy) is 2. The molecule has 2 aromatic rings. The zero-order valence-electron chi connectivity index (χ0n) is 20.9. The maximum Gasteiger partial charge on any atom is 0.188 e. The van der Waals surface area contributed by atoms with Gasteiger partial charge in [-0.15, -0.1) is 0 Å². The number of hydrogen-bond acceptors (Lipinski definition) is 8. The van der Waals surface area contributed by atoms with E-state index in [0.29, 0.717) is 0 Å². The maximum absolute atomic E-state index is 11.9. The first-order valence-corrected chi connectivity index (χ1v) is 13.0. The summed E-state index contributed by atoms with van der Waals surface area (Å²) in [6, 6.07) is 8.36. The highest BCUT2D eigenvalue weighted by Gasteiger charge is 2.58. The van der Waals surface area contributed by atoms with Crippen LogP contribution in [0.15, 0.2) is 48.1 Å². The second kappa shape index (κ2) is 9.43. The van der Waals surface area contributed by atoms with Gasteiger partial charge in [0.25, 0.3) is 0 Å². The molecule has 37 heavy (non-hydrogen) atoms. The number of hydrogen-bond donors (Lipinski definition) is 5. The quantitative estimate of drug-likeness (QED) is 0.300. The molecule has 0 radical (unpaired) electrons. The van der Waals surface area contributed by atoms with E-state index in [9.17, 15) is 25.2 Å². The van der Waals surface area contributed by atoms with Gasteiger partial charge in [0, 0.05) is 22.6 Å². The number of aromatic amines is 1. The molecule has 4 bridgehead atoms. The molecular weight excluding hydrogens is 476 g/mol. The van der Waals surface area contributed by atoms with E-state index in [2.05, 4.69) is 22.0 Å². The van der Waals surface area contributed by atoms with Crippen molar-refractivity contribution >= 4 is 16.7 Å². The van der Waals surface area contributed by atoms with Gasteiger partial charge in [0.05, 0.1) is 12.6 Å². The number of aliphatic hydroxyl groups is 4. The number of carbonyl (C=O) groups excluding carboxylic acids is 1. The first-order chi connectivity index (χ1) is 17.8. The predicted molar refractivity (Wildman–Crippen MR) is 134 cm³/mol. The molecule has 4 saturated heterocycles. The van der Waals surface area contributed by atoms with Crippen LogP contribution < -0.4 is 0 Å². The molecule has 0 amide bonds. The summed E-state index contributed by atoms with van der Waals surface area (Å²) in [4.78, 5) is 17.8. The molecule has 5 aliphatic heterocycles. The minimum Gasteiger partial charge on any atom is -0.394 e. The number of nitrogens with one attached hydrogen (secondary N) is 1. The number of carbonyl (C=O) groups is 1. The minimum absolute atomic E-state index is 0.00716. The minimum atomic E-state index is -1.51. The van der Waals surface area contributed by atoms with Crippen LogP contribution in [0.3, 0.4) is 0 Å². The van der Waals surface area contributed by atoms with E-state index in [4.69, 9.17) is 9.47 Å². The number of benzene rings is 1. The summed E-state index contributed by atoms with van der Waals surface area (Å²) in [7, 11) is 0. The molecule has 1 aromatic carbocycles. The van der Waals surface area contributed by atoms with Crippen molar-refractivity contribution in [3.05, 3.63) is 59.3 Å². The van der Waals surface area contributed by atoms with Gasteiger partial charge in [0.1, 0.15) is 30.6 Å². The molecule has 2 unspecified atom stereocenters. The third kappa shape index (κ3) is 3.84. The number of fused-ring (bicyclic) bond motifs is 4. The second-order valence-corrected chi connectivity index (χ2v) is 10.7. The zero-order chi connectivity index (χ0) is 26.0. The summed E-state index contributed by atoms with van der Waals surface area (Å²) in [6.45, 7) is 3.00. The molecule has 9 heteroatoms. The lowest BCUT2D eigenvalue weighted by Crippen LogP contribution is -2.67. The van der Waals surface area contributed by atoms with Crippen molar-refractivity contribution in [1.29, 1.82) is 0 Å². The molecule has 6 heterocycles. The average molecular weight is 511 g/mol. The first kappa shape index (κ1) is 24.9. The average Bonchev–Trinajstić information content (AvgIpc) is 3.27. The fourth-order valence-electron chi connectivity index (χ4n) is 7.03. The normalized spacial score (nSPS) is 42.0. The summed E-state index contributed by atoms with van der Waals surface area (Å²) >= 11 is 0. The van der Waals surface area contributed by atoms with Crippen LogP contribution in [-0.4, -0.2) is 85.7 Å². The molecule has 0 spiro atoms. The molecular formula is C28H34N2O7. The van der Waals surface area contributed by atoms with E-state index >= 15 is 0 Å². The Morgan fingerprint density at radius 3 is 2.73 bits per heavy atom. The molecule has 1 aromatic heterocycles. The predicted octanol–water partition coefficient (Wildman–Crippen LogP) is 1.32. The second-order valence-electron chi connectivity index (χ2n) is 10.7. The highest BCUT2D eigenvalue weighted by Crippen LogP contribution is 2.57. The van der Waals surface area contributed by atoms with Crippen LogP contribution in [0.2, 0.25) is 0 Å². The van der Waals surface area contributed by atoms with Crippen LogP contribution in [0, 0.1) is 11.8 Å². The van der Waals surface area contributed by atoms with Crippen LogP contribution in [0.1, 0.15) is 37.6 Å². The van der Waals surface area contributed by atoms with E-state index in [1.54, 1.807) is 13.0 Å². The standard InChI is InChI=1S/C28H34N2O7/c1-3-14-17-10-21-23-18(15-6-4-5-7-19(15)29-23)11-20(16(17)9-8-13(2)32)30(21)27(14)37-28-26(35)25(34)24(33)22(12-31)36-28/h3-9,16-17,20-22,24-29,31,33-35H,10-12H2,1-2H3/b9-8?,14-3+/t16?,17-,20+,21+,22-,24-,25+,26-,27-,28+/m1/s1. The van der Waals surface area contributed by atoms with E-state index in [0.717, 1.165) is 29.6 Å². The van der Waals surface area contributed by atoms with Gasteiger partial charge in [-0.2, -0.15) is 0 Å². The Balaban J connectivity index is 1.41. The van der Waals surface area contributed by atoms with Gasteiger partial charge in [0.15, 0.2) is 12.1 Å². The van der Waals surface area contributed by atoms with Crippen molar-refractivity contribution < 1.29 is 34.7 Å². The van der Waals surface area contributed by atoms with Gasteiger partial charge in [-0.25, -0.2) is 0 Å². The van der Waals surface area contributed by atoms with E-state index in [-0.39, 0.29) is 29.7 Å². The summed E-state index contributed by atoms with van der Waals surface area (Å²) in [5.74, 6) is 0.214. The number of aliphatic hydroxyl groups excluding tert-OH is 4. The molecule has 9 nitrogen and oxygen atoms in total. The highest BCUT2D eigenvalue weighted by molar-refractivity contribution is 5.87. The smallest absolute Gasteiger partial charge is 0.188 e. The van der Waals surface area contributed by atoms with Crippen LogP contribution in [0.5, 0.6) is 0 Å². The number of rotatable bonds is 5. The van der Waals surface area contributed by atoms with Gasteiger partial charge in [-0.3, -0.25) is 9.69 Å². The number of para-hydroxylation sites is 1. The number of ketones is 1. The number of piperidine rings is 3. The molecule has 7 rings (SSSR count). The largest absolute Gasteiger partial charge is 0.394 e. The summed E-state index contributed by atoms with van der Waals surface area (Å²) < 4.78 is 12.2. The highest BCUT2D eigenvalue weighted by atomic mass is 16.7. The van der Waals surface area contributed by atoms with Crippen molar-refractivity contribution in [2.75, 3.05) is 6.61 Å². The number of H-pyrrole nitrogens is 1. The Morgan fingerprint density at radius 1 is 1.22 bits per heavy atom. The Kier molecular flexibility index (Phi) is 6.35. The lowest BCUT2D eigenvalue weighted by Gasteiger charge is -2.61. The number of aromatic nitrogens is 1. The van der Waals surface area contributed by atoms with E-state index in [1.807, 2.05) is 31.2 Å². The lowest BCUT2D eigenvalue weighted by molar-refractivity contribution is -0.330. The van der Waals surface area contributed by atoms with Crippen molar-refractivity contribution in [2.45, 2.75) is 75.7 Å². The van der Waals surface area contributed by atoms with Gasteiger partial charge in [0.2, 0.25) is 0 Å². The van der Waals surface area contributed by atoms with E-state index < -0.39 is 43.5 Å². The third-order valence-corrected chi connectivity index (χ3v) is 8.70. The Hall–Kier alpha value is -2.37. The van der Waals surface area contributed by atoms with Crippen molar-refractivity contribution in [1.82, 2.24) is 9.88 Å².